The summed E-state index contributed by atoms with van der Waals surface area (Å²) in [7, 11) is 1.08. The molecule has 5 heteroatoms. The van der Waals surface area contributed by atoms with Crippen LogP contribution in [-0.4, -0.2) is 24.2 Å². The SMILES string of the molecule is CPC.Cc1cc(C(=O)CC(C)C)ccc1Cl.Cc1cc(C(O)CC(C)C)ccc1Cl. The van der Waals surface area contributed by atoms with Crippen molar-refractivity contribution in [2.45, 2.75) is 60.5 Å². The number of aryl methyl sites for hydroxylation is 2. The van der Waals surface area contributed by atoms with Gasteiger partial charge in [-0.2, -0.15) is 0 Å². The van der Waals surface area contributed by atoms with Gasteiger partial charge in [0.2, 0.25) is 0 Å². The Labute approximate surface area is 201 Å². The fourth-order valence-electron chi connectivity index (χ4n) is 2.76. The lowest BCUT2D eigenvalue weighted by Crippen LogP contribution is -2.03. The van der Waals surface area contributed by atoms with Crippen LogP contribution in [-0.2, 0) is 0 Å². The van der Waals surface area contributed by atoms with Gasteiger partial charge in [0, 0.05) is 22.0 Å². The predicted octanol–water partition coefficient (Wildman–Crippen LogP) is 8.53. The number of Topliss-reactive ketones (excluding diaryl/α,β-unsaturated/α-hetero) is 1. The molecule has 0 aliphatic heterocycles. The first kappa shape index (κ1) is 30.1. The summed E-state index contributed by atoms with van der Waals surface area (Å²) in [5.41, 5.74) is 3.70. The Balaban J connectivity index is 0.000000516. The van der Waals surface area contributed by atoms with E-state index in [2.05, 4.69) is 27.2 Å². The molecule has 0 aliphatic rings. The normalized spacial score (nSPS) is 11.4. The standard InChI is InChI=1S/C12H17ClO.C12H15ClO.C2H7P/c2*1-8(2)6-12(14)10-4-5-11(13)9(3)7-10;1-3-2/h4-5,7-8,12,14H,6H2,1-3H3;4-5,7-8H,6H2,1-3H3;3H,1-2H3. The van der Waals surface area contributed by atoms with Crippen LogP contribution in [0.5, 0.6) is 0 Å². The minimum absolute atomic E-state index is 0.194. The summed E-state index contributed by atoms with van der Waals surface area (Å²) in [6, 6.07) is 11.1. The summed E-state index contributed by atoms with van der Waals surface area (Å²) in [5.74, 6) is 1.10. The topological polar surface area (TPSA) is 37.3 Å². The maximum absolute atomic E-state index is 11.7. The Kier molecular flexibility index (Phi) is 15.3. The van der Waals surface area contributed by atoms with Gasteiger partial charge in [-0.15, -0.1) is 8.58 Å². The maximum atomic E-state index is 11.7. The number of benzene rings is 2. The molecule has 0 radical (unpaired) electrons. The molecule has 0 fully saturated rings. The van der Waals surface area contributed by atoms with Crippen LogP contribution in [0.15, 0.2) is 36.4 Å². The molecule has 2 nitrogen and oxygen atoms in total. The number of carbonyl (C=O) groups excluding carboxylic acids is 1. The van der Waals surface area contributed by atoms with Gasteiger partial charge < -0.3 is 5.11 Å². The van der Waals surface area contributed by atoms with E-state index >= 15 is 0 Å². The van der Waals surface area contributed by atoms with Gasteiger partial charge in [-0.3, -0.25) is 4.79 Å². The summed E-state index contributed by atoms with van der Waals surface area (Å²) in [5, 5.41) is 11.3. The average Bonchev–Trinajstić information content (AvgIpc) is 2.66. The van der Waals surface area contributed by atoms with E-state index in [1.54, 1.807) is 12.1 Å². The highest BCUT2D eigenvalue weighted by atomic mass is 35.5. The monoisotopic (exact) mass is 484 g/mol. The number of hydrogen-bond donors (Lipinski definition) is 1. The Morgan fingerprint density at radius 2 is 1.39 bits per heavy atom. The van der Waals surface area contributed by atoms with Crippen LogP contribution < -0.4 is 0 Å². The molecule has 1 atom stereocenters. The lowest BCUT2D eigenvalue weighted by atomic mass is 9.98. The van der Waals surface area contributed by atoms with Gasteiger partial charge >= 0.3 is 0 Å². The molecule has 0 spiro atoms. The van der Waals surface area contributed by atoms with Crippen molar-refractivity contribution in [2.24, 2.45) is 11.8 Å². The third-order valence-corrected chi connectivity index (χ3v) is 5.18. The zero-order valence-electron chi connectivity index (χ0n) is 20.2. The number of rotatable bonds is 6. The molecule has 0 heterocycles. The van der Waals surface area contributed by atoms with E-state index < -0.39 is 0 Å². The number of aliphatic hydroxyl groups excluding tert-OH is 1. The first-order valence-electron chi connectivity index (χ1n) is 10.7. The van der Waals surface area contributed by atoms with E-state index in [1.165, 1.54) is 0 Å². The van der Waals surface area contributed by atoms with Crippen LogP contribution in [0.4, 0.5) is 0 Å². The highest BCUT2D eigenvalue weighted by Gasteiger charge is 2.10. The smallest absolute Gasteiger partial charge is 0.163 e. The van der Waals surface area contributed by atoms with E-state index in [1.807, 2.05) is 52.0 Å². The van der Waals surface area contributed by atoms with Crippen molar-refractivity contribution in [3.05, 3.63) is 68.7 Å². The molecule has 1 N–H and O–H groups in total. The van der Waals surface area contributed by atoms with Gasteiger partial charge in [0.1, 0.15) is 0 Å². The number of aliphatic hydroxyl groups is 1. The van der Waals surface area contributed by atoms with Crippen molar-refractivity contribution in [3.63, 3.8) is 0 Å². The van der Waals surface area contributed by atoms with Crippen LogP contribution in [0.25, 0.3) is 0 Å². The third kappa shape index (κ3) is 12.6. The highest BCUT2D eigenvalue weighted by Crippen LogP contribution is 2.25. The summed E-state index contributed by atoms with van der Waals surface area (Å²) in [6.45, 7) is 16.5. The molecule has 174 valence electrons. The van der Waals surface area contributed by atoms with Gasteiger partial charge in [0.15, 0.2) is 5.78 Å². The highest BCUT2D eigenvalue weighted by molar-refractivity contribution is 7.35. The minimum atomic E-state index is -0.369. The van der Waals surface area contributed by atoms with Crippen molar-refractivity contribution in [1.29, 1.82) is 0 Å². The second kappa shape index (κ2) is 15.8. The van der Waals surface area contributed by atoms with Crippen molar-refractivity contribution in [3.8, 4) is 0 Å². The zero-order chi connectivity index (χ0) is 24.1. The largest absolute Gasteiger partial charge is 0.388 e. The Hall–Kier alpha value is -0.920. The molecule has 31 heavy (non-hydrogen) atoms. The fourth-order valence-corrected chi connectivity index (χ4v) is 3.00. The quantitative estimate of drug-likeness (QED) is 0.329. The van der Waals surface area contributed by atoms with E-state index in [0.29, 0.717) is 23.3 Å². The lowest BCUT2D eigenvalue weighted by Gasteiger charge is -2.14. The van der Waals surface area contributed by atoms with Crippen molar-refractivity contribution < 1.29 is 9.90 Å². The summed E-state index contributed by atoms with van der Waals surface area (Å²) in [6.07, 6.45) is 1.02. The van der Waals surface area contributed by atoms with Crippen LogP contribution in [0, 0.1) is 25.7 Å². The molecule has 0 saturated carbocycles. The Bertz CT molecular complexity index is 804. The van der Waals surface area contributed by atoms with Gasteiger partial charge in [0.05, 0.1) is 6.10 Å². The Morgan fingerprint density at radius 3 is 1.81 bits per heavy atom. The molecule has 2 aromatic carbocycles. The molecule has 2 aromatic rings. The van der Waals surface area contributed by atoms with Crippen LogP contribution >= 0.6 is 31.8 Å². The molecular formula is C26H39Cl2O2P. The van der Waals surface area contributed by atoms with Crippen LogP contribution in [0.2, 0.25) is 10.0 Å². The maximum Gasteiger partial charge on any atom is 0.163 e. The van der Waals surface area contributed by atoms with Gasteiger partial charge in [-0.05, 0) is 86.4 Å². The number of carbonyl (C=O) groups is 1. The summed E-state index contributed by atoms with van der Waals surface area (Å²) >= 11 is 11.8. The zero-order valence-corrected chi connectivity index (χ0v) is 22.7. The molecule has 1 unspecified atom stereocenters. The molecule has 0 saturated heterocycles. The third-order valence-electron chi connectivity index (χ3n) is 4.34. The van der Waals surface area contributed by atoms with E-state index in [9.17, 15) is 9.90 Å². The molecule has 0 bridgehead atoms. The predicted molar refractivity (Wildman–Crippen MR) is 141 cm³/mol. The molecular weight excluding hydrogens is 446 g/mol. The van der Waals surface area contributed by atoms with Crippen molar-refractivity contribution in [1.82, 2.24) is 0 Å². The molecule has 2 rings (SSSR count). The fraction of sp³-hybridized carbons (Fsp3) is 0.500. The second-order valence-electron chi connectivity index (χ2n) is 8.64. The van der Waals surface area contributed by atoms with Gasteiger partial charge in [-0.25, -0.2) is 0 Å². The van der Waals surface area contributed by atoms with E-state index in [0.717, 1.165) is 42.3 Å². The number of ketones is 1. The van der Waals surface area contributed by atoms with E-state index in [4.69, 9.17) is 23.2 Å². The second-order valence-corrected chi connectivity index (χ2v) is 10.5. The van der Waals surface area contributed by atoms with Crippen molar-refractivity contribution >= 4 is 37.6 Å². The molecule has 0 aromatic heterocycles. The average molecular weight is 485 g/mol. The van der Waals surface area contributed by atoms with Gasteiger partial charge in [0.25, 0.3) is 0 Å². The molecule has 0 aliphatic carbocycles. The summed E-state index contributed by atoms with van der Waals surface area (Å²) < 4.78 is 0. The van der Waals surface area contributed by atoms with Gasteiger partial charge in [-0.1, -0.05) is 63.0 Å². The molecule has 0 amide bonds. The van der Waals surface area contributed by atoms with E-state index in [-0.39, 0.29) is 11.9 Å². The lowest BCUT2D eigenvalue weighted by molar-refractivity contribution is 0.0967. The van der Waals surface area contributed by atoms with Crippen LogP contribution in [0.3, 0.4) is 0 Å². The summed E-state index contributed by atoms with van der Waals surface area (Å²) in [4.78, 5) is 11.7. The first-order valence-corrected chi connectivity index (χ1v) is 13.5. The first-order chi connectivity index (χ1) is 14.4. The van der Waals surface area contributed by atoms with Crippen LogP contribution in [0.1, 0.15) is 73.7 Å². The van der Waals surface area contributed by atoms with Crippen molar-refractivity contribution in [2.75, 3.05) is 13.3 Å². The Morgan fingerprint density at radius 1 is 0.903 bits per heavy atom. The minimum Gasteiger partial charge on any atom is -0.388 e. The number of halogens is 2. The number of hydrogen-bond acceptors (Lipinski definition) is 2.